The number of aromatic nitrogens is 2. The van der Waals surface area contributed by atoms with Crippen LogP contribution in [0.3, 0.4) is 0 Å². The van der Waals surface area contributed by atoms with Crippen molar-refractivity contribution in [2.75, 3.05) is 0 Å². The molecule has 0 aliphatic heterocycles. The van der Waals surface area contributed by atoms with Crippen LogP contribution in [0.1, 0.15) is 17.1 Å². The molecule has 0 aliphatic carbocycles. The van der Waals surface area contributed by atoms with E-state index in [0.717, 1.165) is 17.1 Å². The lowest BCUT2D eigenvalue weighted by Gasteiger charge is -2.06. The van der Waals surface area contributed by atoms with E-state index >= 15 is 0 Å². The molecule has 5 heteroatoms. The molecule has 1 aromatic carbocycles. The number of nitrogens with zero attached hydrogens (tertiary/aromatic N) is 2. The van der Waals surface area contributed by atoms with E-state index in [0.29, 0.717) is 10.7 Å². The maximum absolute atomic E-state index is 10.7. The van der Waals surface area contributed by atoms with Gasteiger partial charge in [0.25, 0.3) is 0 Å². The fraction of sp³-hybridized carbons (Fsp3) is 0.231. The second-order valence-electron chi connectivity index (χ2n) is 4.15. The molecule has 0 atom stereocenters. The molecule has 94 valence electrons. The number of hydrogen-bond donors (Lipinski definition) is 1. The summed E-state index contributed by atoms with van der Waals surface area (Å²) >= 11 is 6.08. The highest BCUT2D eigenvalue weighted by Crippen LogP contribution is 2.21. The fourth-order valence-electron chi connectivity index (χ4n) is 1.77. The molecule has 4 nitrogen and oxygen atoms in total. The summed E-state index contributed by atoms with van der Waals surface area (Å²) in [6, 6.07) is 5.70. The number of carbonyl (C=O) groups is 1. The zero-order valence-corrected chi connectivity index (χ0v) is 10.9. The Bertz CT molecular complexity index is 605. The van der Waals surface area contributed by atoms with Crippen molar-refractivity contribution in [2.24, 2.45) is 0 Å². The van der Waals surface area contributed by atoms with Crippen LogP contribution in [0.25, 0.3) is 5.69 Å². The summed E-state index contributed by atoms with van der Waals surface area (Å²) in [4.78, 5) is 14.9. The highest BCUT2D eigenvalue weighted by atomic mass is 35.5. The molecule has 0 spiro atoms. The van der Waals surface area contributed by atoms with Gasteiger partial charge in [0.2, 0.25) is 0 Å². The van der Waals surface area contributed by atoms with Crippen molar-refractivity contribution in [1.82, 2.24) is 9.55 Å². The molecule has 0 saturated heterocycles. The van der Waals surface area contributed by atoms with E-state index in [9.17, 15) is 4.79 Å². The summed E-state index contributed by atoms with van der Waals surface area (Å²) in [5.74, 6) is -0.146. The Balaban J connectivity index is 2.41. The van der Waals surface area contributed by atoms with E-state index in [-0.39, 0.29) is 6.42 Å². The monoisotopic (exact) mass is 264 g/mol. The number of hydrogen-bond acceptors (Lipinski definition) is 2. The van der Waals surface area contributed by atoms with Gasteiger partial charge in [-0.2, -0.15) is 0 Å². The molecule has 18 heavy (non-hydrogen) atoms. The molecule has 1 aromatic heterocycles. The van der Waals surface area contributed by atoms with Crippen LogP contribution < -0.4 is 0 Å². The lowest BCUT2D eigenvalue weighted by atomic mass is 10.2. The van der Waals surface area contributed by atoms with Crippen molar-refractivity contribution in [3.05, 3.63) is 46.5 Å². The van der Waals surface area contributed by atoms with Crippen molar-refractivity contribution in [3.63, 3.8) is 0 Å². The first-order valence-electron chi connectivity index (χ1n) is 5.50. The number of aliphatic carboxylic acids is 1. The molecule has 0 aliphatic rings. The lowest BCUT2D eigenvalue weighted by molar-refractivity contribution is -0.136. The van der Waals surface area contributed by atoms with Gasteiger partial charge in [-0.05, 0) is 31.5 Å². The molecule has 2 rings (SSSR count). The standard InChI is InChI=1S/C13H13ClN2O2/c1-8-3-4-11(6-12(8)14)16-7-10(5-13(17)18)15-9(16)2/h3-4,6-7H,5H2,1-2H3,(H,17,18). The highest BCUT2D eigenvalue weighted by molar-refractivity contribution is 6.31. The van der Waals surface area contributed by atoms with Crippen LogP contribution in [-0.4, -0.2) is 20.6 Å². The van der Waals surface area contributed by atoms with Gasteiger partial charge in [-0.15, -0.1) is 0 Å². The predicted octanol–water partition coefficient (Wildman–Crippen LogP) is 2.77. The Morgan fingerprint density at radius 2 is 2.17 bits per heavy atom. The minimum absolute atomic E-state index is 0.0760. The smallest absolute Gasteiger partial charge is 0.309 e. The van der Waals surface area contributed by atoms with Gasteiger partial charge in [0, 0.05) is 16.9 Å². The lowest BCUT2D eigenvalue weighted by Crippen LogP contribution is -1.99. The molecule has 0 radical (unpaired) electrons. The third-order valence-electron chi connectivity index (χ3n) is 2.70. The van der Waals surface area contributed by atoms with Crippen molar-refractivity contribution in [2.45, 2.75) is 20.3 Å². The molecule has 0 fully saturated rings. The minimum atomic E-state index is -0.887. The SMILES string of the molecule is Cc1ccc(-n2cc(CC(=O)O)nc2C)cc1Cl. The topological polar surface area (TPSA) is 55.1 Å². The summed E-state index contributed by atoms with van der Waals surface area (Å²) in [7, 11) is 0. The Hall–Kier alpha value is -1.81. The van der Waals surface area contributed by atoms with E-state index in [1.165, 1.54) is 0 Å². The van der Waals surface area contributed by atoms with Crippen LogP contribution in [0.15, 0.2) is 24.4 Å². The van der Waals surface area contributed by atoms with Crippen molar-refractivity contribution >= 4 is 17.6 Å². The molecule has 0 unspecified atom stereocenters. The first kappa shape index (κ1) is 12.6. The van der Waals surface area contributed by atoms with Crippen molar-refractivity contribution in [1.29, 1.82) is 0 Å². The average molecular weight is 265 g/mol. The number of carboxylic acid groups (broad SMARTS) is 1. The fourth-order valence-corrected chi connectivity index (χ4v) is 1.94. The van der Waals surface area contributed by atoms with Crippen molar-refractivity contribution < 1.29 is 9.90 Å². The highest BCUT2D eigenvalue weighted by Gasteiger charge is 2.09. The Labute approximate surface area is 110 Å². The van der Waals surface area contributed by atoms with Crippen molar-refractivity contribution in [3.8, 4) is 5.69 Å². The largest absolute Gasteiger partial charge is 0.481 e. The number of halogens is 1. The molecule has 0 saturated carbocycles. The number of benzene rings is 1. The number of aryl methyl sites for hydroxylation is 2. The Morgan fingerprint density at radius 1 is 1.44 bits per heavy atom. The summed E-state index contributed by atoms with van der Waals surface area (Å²) < 4.78 is 1.84. The first-order chi connectivity index (χ1) is 8.47. The zero-order valence-electron chi connectivity index (χ0n) is 10.1. The van der Waals surface area contributed by atoms with E-state index in [1.807, 2.05) is 36.6 Å². The molecular weight excluding hydrogens is 252 g/mol. The van der Waals surface area contributed by atoms with Crippen LogP contribution >= 0.6 is 11.6 Å². The predicted molar refractivity (Wildman–Crippen MR) is 69.4 cm³/mol. The maximum Gasteiger partial charge on any atom is 0.309 e. The number of carboxylic acids is 1. The third-order valence-corrected chi connectivity index (χ3v) is 3.11. The van der Waals surface area contributed by atoms with Gasteiger partial charge >= 0.3 is 5.97 Å². The molecule has 1 heterocycles. The molecular formula is C13H13ClN2O2. The van der Waals surface area contributed by atoms with E-state index < -0.39 is 5.97 Å². The third kappa shape index (κ3) is 2.54. The van der Waals surface area contributed by atoms with E-state index in [1.54, 1.807) is 6.20 Å². The van der Waals surface area contributed by atoms with Crippen LogP contribution in [0.2, 0.25) is 5.02 Å². The summed E-state index contributed by atoms with van der Waals surface area (Å²) in [5, 5.41) is 9.43. The maximum atomic E-state index is 10.7. The quantitative estimate of drug-likeness (QED) is 0.927. The summed E-state index contributed by atoms with van der Waals surface area (Å²) in [6.45, 7) is 3.77. The van der Waals surface area contributed by atoms with Gasteiger partial charge in [0.1, 0.15) is 5.82 Å². The van der Waals surface area contributed by atoms with E-state index in [4.69, 9.17) is 16.7 Å². The van der Waals surface area contributed by atoms with Crippen LogP contribution in [0.4, 0.5) is 0 Å². The summed E-state index contributed by atoms with van der Waals surface area (Å²) in [6.07, 6.45) is 1.65. The second-order valence-corrected chi connectivity index (χ2v) is 4.56. The Kier molecular flexibility index (Phi) is 3.39. The van der Waals surface area contributed by atoms with Crippen LogP contribution in [0.5, 0.6) is 0 Å². The minimum Gasteiger partial charge on any atom is -0.481 e. The molecule has 1 N–H and O–H groups in total. The van der Waals surface area contributed by atoms with E-state index in [2.05, 4.69) is 4.98 Å². The van der Waals surface area contributed by atoms with Gasteiger partial charge in [-0.1, -0.05) is 17.7 Å². The molecule has 0 amide bonds. The van der Waals surface area contributed by atoms with Gasteiger partial charge in [0.05, 0.1) is 12.1 Å². The van der Waals surface area contributed by atoms with Gasteiger partial charge < -0.3 is 9.67 Å². The Morgan fingerprint density at radius 3 is 2.78 bits per heavy atom. The molecule has 0 bridgehead atoms. The van der Waals surface area contributed by atoms with Crippen LogP contribution in [0, 0.1) is 13.8 Å². The zero-order chi connectivity index (χ0) is 13.3. The van der Waals surface area contributed by atoms with Crippen LogP contribution in [-0.2, 0) is 11.2 Å². The van der Waals surface area contributed by atoms with Gasteiger partial charge in [0.15, 0.2) is 0 Å². The average Bonchev–Trinajstić information content (AvgIpc) is 2.62. The van der Waals surface area contributed by atoms with Gasteiger partial charge in [-0.25, -0.2) is 4.98 Å². The summed E-state index contributed by atoms with van der Waals surface area (Å²) in [5.41, 5.74) is 2.42. The first-order valence-corrected chi connectivity index (χ1v) is 5.88. The second kappa shape index (κ2) is 4.82. The molecule has 2 aromatic rings. The number of rotatable bonds is 3. The van der Waals surface area contributed by atoms with Gasteiger partial charge in [-0.3, -0.25) is 4.79 Å². The number of imidazole rings is 1. The normalized spacial score (nSPS) is 10.6.